The molecule has 1 heterocycles. The molecule has 3 rings (SSSR count). The van der Waals surface area contributed by atoms with E-state index >= 15 is 0 Å². The molecule has 0 radical (unpaired) electrons. The van der Waals surface area contributed by atoms with Crippen molar-refractivity contribution in [2.24, 2.45) is 0 Å². The minimum atomic E-state index is 0.210. The van der Waals surface area contributed by atoms with Crippen molar-refractivity contribution in [2.75, 3.05) is 24.6 Å². The maximum absolute atomic E-state index is 11.2. The molecule has 0 spiro atoms. The summed E-state index contributed by atoms with van der Waals surface area (Å²) in [6.45, 7) is 8.17. The highest BCUT2D eigenvalue weighted by atomic mass is 16.5. The molecule has 1 unspecified atom stereocenters. The lowest BCUT2D eigenvalue weighted by atomic mass is 9.96. The highest BCUT2D eigenvalue weighted by Crippen LogP contribution is 2.27. The predicted molar refractivity (Wildman–Crippen MR) is 104 cm³/mol. The number of hydrogen-bond donors (Lipinski definition) is 0. The van der Waals surface area contributed by atoms with Crippen LogP contribution >= 0.6 is 0 Å². The van der Waals surface area contributed by atoms with Crippen molar-refractivity contribution in [1.82, 2.24) is 0 Å². The Labute approximate surface area is 155 Å². The van der Waals surface area contributed by atoms with Crippen molar-refractivity contribution in [3.63, 3.8) is 0 Å². The molecular formula is C22H27NO3. The second-order valence-corrected chi connectivity index (χ2v) is 6.95. The highest BCUT2D eigenvalue weighted by molar-refractivity contribution is 5.76. The zero-order chi connectivity index (χ0) is 18.5. The Kier molecular flexibility index (Phi) is 5.82. The van der Waals surface area contributed by atoms with Gasteiger partial charge in [-0.2, -0.15) is 0 Å². The van der Waals surface area contributed by atoms with Gasteiger partial charge in [0.1, 0.15) is 23.4 Å². The summed E-state index contributed by atoms with van der Waals surface area (Å²) in [5, 5.41) is 0. The first-order valence-electron chi connectivity index (χ1n) is 9.29. The molecule has 0 aromatic heterocycles. The Morgan fingerprint density at radius 2 is 1.69 bits per heavy atom. The normalized spacial score (nSPS) is 15.3. The highest BCUT2D eigenvalue weighted by Gasteiger charge is 2.28. The van der Waals surface area contributed by atoms with Gasteiger partial charge in [0.25, 0.3) is 0 Å². The number of ketones is 1. The fourth-order valence-corrected chi connectivity index (χ4v) is 3.26. The monoisotopic (exact) mass is 353 g/mol. The van der Waals surface area contributed by atoms with Crippen molar-refractivity contribution in [3.8, 4) is 11.5 Å². The van der Waals surface area contributed by atoms with Crippen LogP contribution in [0.2, 0.25) is 0 Å². The molecule has 1 atom stereocenters. The smallest absolute Gasteiger partial charge is 0.133 e. The number of benzene rings is 2. The van der Waals surface area contributed by atoms with Gasteiger partial charge in [0, 0.05) is 12.1 Å². The fraction of sp³-hybridized carbons (Fsp3) is 0.409. The van der Waals surface area contributed by atoms with Crippen LogP contribution in [0.3, 0.4) is 0 Å². The Morgan fingerprint density at radius 3 is 2.27 bits per heavy atom. The van der Waals surface area contributed by atoms with Crippen LogP contribution in [0.15, 0.2) is 48.5 Å². The van der Waals surface area contributed by atoms with Gasteiger partial charge in [-0.1, -0.05) is 19.1 Å². The Morgan fingerprint density at radius 1 is 1.08 bits per heavy atom. The van der Waals surface area contributed by atoms with Crippen LogP contribution in [0.4, 0.5) is 5.69 Å². The molecular weight excluding hydrogens is 326 g/mol. The van der Waals surface area contributed by atoms with Gasteiger partial charge >= 0.3 is 0 Å². The first-order valence-corrected chi connectivity index (χ1v) is 9.29. The van der Waals surface area contributed by atoms with Crippen molar-refractivity contribution in [3.05, 3.63) is 54.1 Å². The number of anilines is 1. The van der Waals surface area contributed by atoms with E-state index in [1.54, 1.807) is 6.92 Å². The average Bonchev–Trinajstić information content (AvgIpc) is 2.59. The fourth-order valence-electron chi connectivity index (χ4n) is 3.26. The van der Waals surface area contributed by atoms with Gasteiger partial charge in [0.15, 0.2) is 0 Å². The van der Waals surface area contributed by atoms with Crippen LogP contribution < -0.4 is 14.4 Å². The van der Waals surface area contributed by atoms with Gasteiger partial charge in [-0.3, -0.25) is 0 Å². The first kappa shape index (κ1) is 18.3. The largest absolute Gasteiger partial charge is 0.494 e. The Bertz CT molecular complexity index is 718. The van der Waals surface area contributed by atoms with Crippen LogP contribution in [0, 0.1) is 0 Å². The van der Waals surface area contributed by atoms with Gasteiger partial charge in [-0.15, -0.1) is 0 Å². The SMILES string of the molecule is CCOc1ccc(N2CC(Oc3ccc(C(C)CC(C)=O)cc3)C2)cc1. The van der Waals surface area contributed by atoms with Crippen LogP contribution in [0.1, 0.15) is 38.7 Å². The van der Waals surface area contributed by atoms with Crippen molar-refractivity contribution in [1.29, 1.82) is 0 Å². The van der Waals surface area contributed by atoms with Crippen LogP contribution in [-0.2, 0) is 4.79 Å². The predicted octanol–water partition coefficient (Wildman–Crippen LogP) is 4.44. The van der Waals surface area contributed by atoms with Crippen molar-refractivity contribution < 1.29 is 14.3 Å². The summed E-state index contributed by atoms with van der Waals surface area (Å²) in [6, 6.07) is 16.3. The molecule has 1 saturated heterocycles. The average molecular weight is 353 g/mol. The number of nitrogens with zero attached hydrogens (tertiary/aromatic N) is 1. The van der Waals surface area contributed by atoms with Crippen molar-refractivity contribution >= 4 is 11.5 Å². The van der Waals surface area contributed by atoms with Gasteiger partial charge in [0.05, 0.1) is 19.7 Å². The molecule has 1 aliphatic rings. The summed E-state index contributed by atoms with van der Waals surface area (Å²) >= 11 is 0. The third-order valence-corrected chi connectivity index (χ3v) is 4.71. The first-order chi connectivity index (χ1) is 12.5. The Balaban J connectivity index is 1.48. The van der Waals surface area contributed by atoms with E-state index in [4.69, 9.17) is 9.47 Å². The lowest BCUT2D eigenvalue weighted by Crippen LogP contribution is -2.54. The topological polar surface area (TPSA) is 38.8 Å². The van der Waals surface area contributed by atoms with Gasteiger partial charge in [0.2, 0.25) is 0 Å². The molecule has 4 heteroatoms. The minimum absolute atomic E-state index is 0.210. The van der Waals surface area contributed by atoms with E-state index in [0.29, 0.717) is 13.0 Å². The molecule has 2 aromatic rings. The van der Waals surface area contributed by atoms with Crippen LogP contribution in [-0.4, -0.2) is 31.6 Å². The Hall–Kier alpha value is -2.49. The molecule has 1 fully saturated rings. The molecule has 4 nitrogen and oxygen atoms in total. The maximum Gasteiger partial charge on any atom is 0.133 e. The van der Waals surface area contributed by atoms with Gasteiger partial charge < -0.3 is 19.2 Å². The molecule has 0 amide bonds. The third kappa shape index (κ3) is 4.57. The number of ether oxygens (including phenoxy) is 2. The number of carbonyl (C=O) groups is 1. The molecule has 1 aliphatic heterocycles. The van der Waals surface area contributed by atoms with E-state index in [-0.39, 0.29) is 17.8 Å². The summed E-state index contributed by atoms with van der Waals surface area (Å²) in [5.74, 6) is 2.27. The second kappa shape index (κ2) is 8.26. The van der Waals surface area contributed by atoms with Gasteiger partial charge in [-0.25, -0.2) is 0 Å². The number of Topliss-reactive ketones (excluding diaryl/α,β-unsaturated/α-hetero) is 1. The van der Waals surface area contributed by atoms with Crippen LogP contribution in [0.25, 0.3) is 0 Å². The van der Waals surface area contributed by atoms with E-state index in [1.807, 2.05) is 31.2 Å². The zero-order valence-electron chi connectivity index (χ0n) is 15.8. The van der Waals surface area contributed by atoms with Crippen LogP contribution in [0.5, 0.6) is 11.5 Å². The molecule has 138 valence electrons. The standard InChI is InChI=1S/C22H27NO3/c1-4-25-20-11-7-19(8-12-20)23-14-22(15-23)26-21-9-5-18(6-10-21)16(2)13-17(3)24/h5-12,16,22H,4,13-15H2,1-3H3. The summed E-state index contributed by atoms with van der Waals surface area (Å²) in [7, 11) is 0. The zero-order valence-corrected chi connectivity index (χ0v) is 15.8. The number of rotatable bonds is 8. The molecule has 0 bridgehead atoms. The number of hydrogen-bond acceptors (Lipinski definition) is 4. The minimum Gasteiger partial charge on any atom is -0.494 e. The van der Waals surface area contributed by atoms with E-state index in [0.717, 1.165) is 24.6 Å². The molecule has 0 saturated carbocycles. The number of carbonyl (C=O) groups excluding carboxylic acids is 1. The lowest BCUT2D eigenvalue weighted by molar-refractivity contribution is -0.117. The van der Waals surface area contributed by atoms with E-state index in [1.165, 1.54) is 11.3 Å². The lowest BCUT2D eigenvalue weighted by Gasteiger charge is -2.40. The summed E-state index contributed by atoms with van der Waals surface area (Å²) in [4.78, 5) is 13.5. The van der Waals surface area contributed by atoms with Gasteiger partial charge in [-0.05, 0) is 61.7 Å². The summed E-state index contributed by atoms with van der Waals surface area (Å²) in [5.41, 5.74) is 2.37. The molecule has 2 aromatic carbocycles. The van der Waals surface area contributed by atoms with E-state index in [9.17, 15) is 4.79 Å². The summed E-state index contributed by atoms with van der Waals surface area (Å²) < 4.78 is 11.5. The molecule has 26 heavy (non-hydrogen) atoms. The maximum atomic E-state index is 11.2. The van der Waals surface area contributed by atoms with E-state index < -0.39 is 0 Å². The second-order valence-electron chi connectivity index (χ2n) is 6.95. The molecule has 0 aliphatic carbocycles. The van der Waals surface area contributed by atoms with E-state index in [2.05, 4.69) is 36.1 Å². The van der Waals surface area contributed by atoms with Crippen molar-refractivity contribution in [2.45, 2.75) is 39.2 Å². The third-order valence-electron chi connectivity index (χ3n) is 4.71. The molecule has 0 N–H and O–H groups in total. The summed E-state index contributed by atoms with van der Waals surface area (Å²) in [6.07, 6.45) is 0.793. The quantitative estimate of drug-likeness (QED) is 0.703.